The minimum atomic E-state index is -0.550. The van der Waals surface area contributed by atoms with Gasteiger partial charge in [0.1, 0.15) is 12.6 Å². The summed E-state index contributed by atoms with van der Waals surface area (Å²) in [6.07, 6.45) is 0.503. The van der Waals surface area contributed by atoms with Gasteiger partial charge < -0.3 is 9.64 Å². The first kappa shape index (κ1) is 15.3. The minimum absolute atomic E-state index is 0.110. The van der Waals surface area contributed by atoms with Crippen molar-refractivity contribution in [3.63, 3.8) is 0 Å². The molecule has 1 atom stereocenters. The molecule has 0 saturated heterocycles. The molecule has 1 amide bonds. The Labute approximate surface area is 135 Å². The Bertz CT molecular complexity index is 712. The molecule has 2 aromatic rings. The summed E-state index contributed by atoms with van der Waals surface area (Å²) in [4.78, 5) is 26.0. The Hall–Kier alpha value is -2.62. The van der Waals surface area contributed by atoms with Crippen molar-refractivity contribution in [1.29, 1.82) is 0 Å². The molecule has 23 heavy (non-hydrogen) atoms. The first-order valence-electron chi connectivity index (χ1n) is 7.69. The maximum atomic E-state index is 12.5. The van der Waals surface area contributed by atoms with Crippen LogP contribution in [0.15, 0.2) is 54.6 Å². The molecule has 1 aliphatic heterocycles. The molecule has 2 aromatic carbocycles. The molecule has 1 heterocycles. The monoisotopic (exact) mass is 309 g/mol. The van der Waals surface area contributed by atoms with E-state index in [-0.39, 0.29) is 18.5 Å². The SMILES string of the molecule is CC(=O)N1Cc2ccccc2C[C@H]1C(=O)OCc1ccccc1. The highest BCUT2D eigenvalue weighted by Crippen LogP contribution is 2.24. The average Bonchev–Trinajstić information content (AvgIpc) is 2.59. The maximum absolute atomic E-state index is 12.5. The fraction of sp³-hybridized carbons (Fsp3) is 0.263. The lowest BCUT2D eigenvalue weighted by Crippen LogP contribution is -2.48. The normalized spacial score (nSPS) is 16.6. The molecule has 0 spiro atoms. The Morgan fingerprint density at radius 3 is 2.39 bits per heavy atom. The fourth-order valence-corrected chi connectivity index (χ4v) is 2.89. The molecule has 0 unspecified atom stereocenters. The van der Waals surface area contributed by atoms with E-state index in [1.54, 1.807) is 4.90 Å². The van der Waals surface area contributed by atoms with E-state index >= 15 is 0 Å². The van der Waals surface area contributed by atoms with E-state index in [1.807, 2.05) is 54.6 Å². The summed E-state index contributed by atoms with van der Waals surface area (Å²) < 4.78 is 5.43. The number of fused-ring (bicyclic) bond motifs is 1. The van der Waals surface area contributed by atoms with Crippen LogP contribution in [0.1, 0.15) is 23.6 Å². The van der Waals surface area contributed by atoms with Crippen LogP contribution in [0, 0.1) is 0 Å². The molecule has 1 aliphatic rings. The number of hydrogen-bond acceptors (Lipinski definition) is 3. The molecule has 0 N–H and O–H groups in total. The van der Waals surface area contributed by atoms with Crippen LogP contribution in [0.5, 0.6) is 0 Å². The number of amides is 1. The third-order valence-corrected chi connectivity index (χ3v) is 4.15. The van der Waals surface area contributed by atoms with Gasteiger partial charge in [0.25, 0.3) is 0 Å². The van der Waals surface area contributed by atoms with Gasteiger partial charge in [0.15, 0.2) is 0 Å². The van der Waals surface area contributed by atoms with E-state index in [1.165, 1.54) is 6.92 Å². The highest BCUT2D eigenvalue weighted by atomic mass is 16.5. The fourth-order valence-electron chi connectivity index (χ4n) is 2.89. The van der Waals surface area contributed by atoms with Crippen LogP contribution in [-0.4, -0.2) is 22.8 Å². The molecular weight excluding hydrogens is 290 g/mol. The second kappa shape index (κ2) is 6.65. The molecule has 0 bridgehead atoms. The van der Waals surface area contributed by atoms with Gasteiger partial charge in [-0.15, -0.1) is 0 Å². The van der Waals surface area contributed by atoms with E-state index in [4.69, 9.17) is 4.74 Å². The Morgan fingerprint density at radius 2 is 1.70 bits per heavy atom. The van der Waals surface area contributed by atoms with Crippen molar-refractivity contribution in [1.82, 2.24) is 4.90 Å². The Morgan fingerprint density at radius 1 is 1.04 bits per heavy atom. The first-order chi connectivity index (χ1) is 11.1. The first-order valence-corrected chi connectivity index (χ1v) is 7.69. The lowest BCUT2D eigenvalue weighted by molar-refractivity contribution is -0.156. The summed E-state index contributed by atoms with van der Waals surface area (Å²) >= 11 is 0. The molecule has 0 fully saturated rings. The Balaban J connectivity index is 1.74. The molecule has 0 aliphatic carbocycles. The molecule has 0 radical (unpaired) electrons. The van der Waals surface area contributed by atoms with Crippen molar-refractivity contribution in [3.8, 4) is 0 Å². The predicted molar refractivity (Wildman–Crippen MR) is 86.4 cm³/mol. The topological polar surface area (TPSA) is 46.6 Å². The van der Waals surface area contributed by atoms with Crippen molar-refractivity contribution in [2.24, 2.45) is 0 Å². The molecule has 4 heteroatoms. The van der Waals surface area contributed by atoms with Crippen molar-refractivity contribution >= 4 is 11.9 Å². The lowest BCUT2D eigenvalue weighted by atomic mass is 9.94. The highest BCUT2D eigenvalue weighted by Gasteiger charge is 2.34. The summed E-state index contributed by atoms with van der Waals surface area (Å²) in [5, 5.41) is 0. The second-order valence-corrected chi connectivity index (χ2v) is 5.73. The third-order valence-electron chi connectivity index (χ3n) is 4.15. The van der Waals surface area contributed by atoms with Crippen LogP contribution >= 0.6 is 0 Å². The average molecular weight is 309 g/mol. The van der Waals surface area contributed by atoms with E-state index in [0.717, 1.165) is 16.7 Å². The smallest absolute Gasteiger partial charge is 0.329 e. The number of ether oxygens (including phenoxy) is 1. The maximum Gasteiger partial charge on any atom is 0.329 e. The highest BCUT2D eigenvalue weighted by molar-refractivity contribution is 5.84. The summed E-state index contributed by atoms with van der Waals surface area (Å²) in [5.74, 6) is -0.459. The zero-order chi connectivity index (χ0) is 16.2. The largest absolute Gasteiger partial charge is 0.459 e. The van der Waals surface area contributed by atoms with Gasteiger partial charge in [-0.25, -0.2) is 4.79 Å². The number of esters is 1. The summed E-state index contributed by atoms with van der Waals surface area (Å²) in [6.45, 7) is 2.17. The minimum Gasteiger partial charge on any atom is -0.459 e. The van der Waals surface area contributed by atoms with E-state index in [9.17, 15) is 9.59 Å². The van der Waals surface area contributed by atoms with E-state index < -0.39 is 6.04 Å². The molecule has 3 rings (SSSR count). The zero-order valence-electron chi connectivity index (χ0n) is 13.1. The quantitative estimate of drug-likeness (QED) is 0.819. The van der Waals surface area contributed by atoms with Crippen LogP contribution in [-0.2, 0) is 33.9 Å². The predicted octanol–water partition coefficient (Wildman–Crippen LogP) is 2.70. The van der Waals surface area contributed by atoms with Gasteiger partial charge in [0, 0.05) is 19.9 Å². The molecule has 0 saturated carbocycles. The lowest BCUT2D eigenvalue weighted by Gasteiger charge is -2.34. The number of benzene rings is 2. The summed E-state index contributed by atoms with van der Waals surface area (Å²) in [7, 11) is 0. The van der Waals surface area contributed by atoms with Gasteiger partial charge in [0.2, 0.25) is 5.91 Å². The van der Waals surface area contributed by atoms with Crippen molar-refractivity contribution in [2.75, 3.05) is 0 Å². The Kier molecular flexibility index (Phi) is 4.42. The van der Waals surface area contributed by atoms with Gasteiger partial charge in [-0.3, -0.25) is 4.79 Å². The van der Waals surface area contributed by atoms with Crippen LogP contribution < -0.4 is 0 Å². The molecule has 118 valence electrons. The second-order valence-electron chi connectivity index (χ2n) is 5.73. The number of nitrogens with zero attached hydrogens (tertiary/aromatic N) is 1. The number of carbonyl (C=O) groups excluding carboxylic acids is 2. The van der Waals surface area contributed by atoms with Gasteiger partial charge >= 0.3 is 5.97 Å². The van der Waals surface area contributed by atoms with Crippen molar-refractivity contribution in [3.05, 3.63) is 71.3 Å². The zero-order valence-corrected chi connectivity index (χ0v) is 13.1. The molecule has 4 nitrogen and oxygen atoms in total. The van der Waals surface area contributed by atoms with Crippen LogP contribution in [0.25, 0.3) is 0 Å². The van der Waals surface area contributed by atoms with E-state index in [0.29, 0.717) is 13.0 Å². The van der Waals surface area contributed by atoms with Crippen molar-refractivity contribution < 1.29 is 14.3 Å². The van der Waals surface area contributed by atoms with Crippen LogP contribution in [0.3, 0.4) is 0 Å². The van der Waals surface area contributed by atoms with Crippen LogP contribution in [0.2, 0.25) is 0 Å². The van der Waals surface area contributed by atoms with Crippen LogP contribution in [0.4, 0.5) is 0 Å². The van der Waals surface area contributed by atoms with Gasteiger partial charge in [0.05, 0.1) is 0 Å². The summed E-state index contributed by atoms with van der Waals surface area (Å²) in [6, 6.07) is 16.9. The molecule has 0 aromatic heterocycles. The number of carbonyl (C=O) groups is 2. The summed E-state index contributed by atoms with van der Waals surface area (Å²) in [5.41, 5.74) is 3.13. The van der Waals surface area contributed by atoms with Crippen molar-refractivity contribution in [2.45, 2.75) is 32.5 Å². The van der Waals surface area contributed by atoms with E-state index in [2.05, 4.69) is 0 Å². The van der Waals surface area contributed by atoms with Gasteiger partial charge in [-0.05, 0) is 16.7 Å². The molecular formula is C19H19NO3. The standard InChI is InChI=1S/C19H19NO3/c1-14(21)20-12-17-10-6-5-9-16(17)11-18(20)19(22)23-13-15-7-3-2-4-8-15/h2-10,18H,11-13H2,1H3/t18-/m0/s1. The van der Waals surface area contributed by atoms with Gasteiger partial charge in [-0.1, -0.05) is 54.6 Å². The third kappa shape index (κ3) is 3.42. The number of rotatable bonds is 3. The number of hydrogen-bond donors (Lipinski definition) is 0. The van der Waals surface area contributed by atoms with Gasteiger partial charge in [-0.2, -0.15) is 0 Å².